The molecule has 2 aromatic rings. The maximum atomic E-state index is 12.4. The van der Waals surface area contributed by atoms with Crippen molar-refractivity contribution in [2.45, 2.75) is 51.9 Å². The van der Waals surface area contributed by atoms with Crippen LogP contribution in [0.4, 0.5) is 10.5 Å². The molecule has 1 aliphatic rings. The Morgan fingerprint density at radius 1 is 1.04 bits per heavy atom. The standard InChI is InChI=1S/C22H27BrN2OS/c1-2-3-4-5-6-7-12-24-22(26)25(27)19-9-11-21-17(15-19)13-16-14-18(23)8-10-20(16)21/h8-11,14-15,27H,2-7,12-13H2,1H3,(H,24,26). The summed E-state index contributed by atoms with van der Waals surface area (Å²) in [5.74, 6) is 0. The Labute approximate surface area is 176 Å². The summed E-state index contributed by atoms with van der Waals surface area (Å²) < 4.78 is 2.51. The van der Waals surface area contributed by atoms with Gasteiger partial charge in [0.15, 0.2) is 0 Å². The number of fused-ring (bicyclic) bond motifs is 3. The van der Waals surface area contributed by atoms with E-state index in [4.69, 9.17) is 0 Å². The Morgan fingerprint density at radius 2 is 1.70 bits per heavy atom. The van der Waals surface area contributed by atoms with Crippen LogP contribution < -0.4 is 9.62 Å². The highest BCUT2D eigenvalue weighted by Gasteiger charge is 2.20. The first-order valence-corrected chi connectivity index (χ1v) is 11.0. The van der Waals surface area contributed by atoms with Crippen LogP contribution in [0.25, 0.3) is 11.1 Å². The molecule has 27 heavy (non-hydrogen) atoms. The molecule has 0 aromatic heterocycles. The van der Waals surface area contributed by atoms with Crippen LogP contribution in [-0.4, -0.2) is 12.6 Å². The Bertz CT molecular complexity index is 809. The molecule has 0 atom stereocenters. The third-order valence-electron chi connectivity index (χ3n) is 5.07. The number of amides is 2. The molecule has 0 aliphatic heterocycles. The van der Waals surface area contributed by atoms with Gasteiger partial charge in [0.05, 0.1) is 5.69 Å². The van der Waals surface area contributed by atoms with Crippen molar-refractivity contribution in [2.24, 2.45) is 0 Å². The molecule has 0 unspecified atom stereocenters. The van der Waals surface area contributed by atoms with Gasteiger partial charge in [0.1, 0.15) is 0 Å². The van der Waals surface area contributed by atoms with Crippen LogP contribution in [0.3, 0.4) is 0 Å². The average molecular weight is 447 g/mol. The zero-order valence-electron chi connectivity index (χ0n) is 15.8. The number of urea groups is 1. The first kappa shape index (κ1) is 20.3. The lowest BCUT2D eigenvalue weighted by Crippen LogP contribution is -2.34. The zero-order chi connectivity index (χ0) is 19.2. The number of benzene rings is 2. The second-order valence-corrected chi connectivity index (χ2v) is 8.45. The first-order chi connectivity index (χ1) is 13.1. The van der Waals surface area contributed by atoms with Gasteiger partial charge in [-0.05, 0) is 59.4 Å². The van der Waals surface area contributed by atoms with Crippen LogP contribution in [0, 0.1) is 0 Å². The highest BCUT2D eigenvalue weighted by molar-refractivity contribution is 9.10. The van der Waals surface area contributed by atoms with E-state index in [2.05, 4.69) is 71.3 Å². The summed E-state index contributed by atoms with van der Waals surface area (Å²) in [5, 5.41) is 2.97. The maximum absolute atomic E-state index is 12.4. The van der Waals surface area contributed by atoms with Crippen molar-refractivity contribution in [3.63, 3.8) is 0 Å². The number of unbranched alkanes of at least 4 members (excludes halogenated alkanes) is 5. The lowest BCUT2D eigenvalue weighted by atomic mass is 10.1. The molecule has 0 spiro atoms. The van der Waals surface area contributed by atoms with E-state index in [1.165, 1.54) is 58.7 Å². The number of nitrogens with zero attached hydrogens (tertiary/aromatic N) is 1. The summed E-state index contributed by atoms with van der Waals surface area (Å²) in [5.41, 5.74) is 5.89. The van der Waals surface area contributed by atoms with Crippen LogP contribution in [0.2, 0.25) is 0 Å². The van der Waals surface area contributed by atoms with Crippen molar-refractivity contribution < 1.29 is 4.79 Å². The largest absolute Gasteiger partial charge is 0.337 e. The van der Waals surface area contributed by atoms with Crippen molar-refractivity contribution in [2.75, 3.05) is 10.8 Å². The Morgan fingerprint density at radius 3 is 2.48 bits per heavy atom. The van der Waals surface area contributed by atoms with Crippen LogP contribution in [0.5, 0.6) is 0 Å². The van der Waals surface area contributed by atoms with Crippen molar-refractivity contribution in [1.82, 2.24) is 5.32 Å². The molecule has 0 heterocycles. The minimum absolute atomic E-state index is 0.162. The molecule has 0 fully saturated rings. The number of hydrogen-bond donors (Lipinski definition) is 2. The van der Waals surface area contributed by atoms with Crippen LogP contribution in [0.1, 0.15) is 56.6 Å². The van der Waals surface area contributed by atoms with Gasteiger partial charge in [-0.2, -0.15) is 0 Å². The predicted octanol–water partition coefficient (Wildman–Crippen LogP) is 6.74. The first-order valence-electron chi connectivity index (χ1n) is 9.78. The minimum Gasteiger partial charge on any atom is -0.337 e. The van der Waals surface area contributed by atoms with Crippen LogP contribution >= 0.6 is 28.7 Å². The molecule has 1 N–H and O–H groups in total. The van der Waals surface area contributed by atoms with E-state index >= 15 is 0 Å². The topological polar surface area (TPSA) is 32.3 Å². The Balaban J connectivity index is 1.54. The Hall–Kier alpha value is -1.46. The average Bonchev–Trinajstić information content (AvgIpc) is 3.02. The molecule has 0 bridgehead atoms. The number of halogens is 1. The third-order valence-corrected chi connectivity index (χ3v) is 5.98. The van der Waals surface area contributed by atoms with Gasteiger partial charge in [0, 0.05) is 11.0 Å². The van der Waals surface area contributed by atoms with Crippen molar-refractivity contribution >= 4 is 40.5 Å². The fraction of sp³-hybridized carbons (Fsp3) is 0.409. The van der Waals surface area contributed by atoms with Gasteiger partial charge in [-0.15, -0.1) is 0 Å². The van der Waals surface area contributed by atoms with Crippen LogP contribution in [-0.2, 0) is 6.42 Å². The number of thiol groups is 1. The molecule has 3 rings (SSSR count). The highest BCUT2D eigenvalue weighted by Crippen LogP contribution is 2.39. The smallest absolute Gasteiger partial charge is 0.331 e. The molecule has 0 saturated carbocycles. The second kappa shape index (κ2) is 9.65. The van der Waals surface area contributed by atoms with Crippen molar-refractivity contribution in [1.29, 1.82) is 0 Å². The lowest BCUT2D eigenvalue weighted by Gasteiger charge is -2.17. The van der Waals surface area contributed by atoms with Gasteiger partial charge in [-0.25, -0.2) is 9.10 Å². The molecule has 3 nitrogen and oxygen atoms in total. The molecular weight excluding hydrogens is 420 g/mol. The number of carbonyl (C=O) groups excluding carboxylic acids is 1. The molecule has 1 aliphatic carbocycles. The summed E-state index contributed by atoms with van der Waals surface area (Å²) in [6, 6.07) is 12.4. The van der Waals surface area contributed by atoms with Crippen molar-refractivity contribution in [3.05, 3.63) is 52.0 Å². The van der Waals surface area contributed by atoms with Gasteiger partial charge in [0.25, 0.3) is 0 Å². The molecule has 2 aromatic carbocycles. The monoisotopic (exact) mass is 446 g/mol. The van der Waals surface area contributed by atoms with E-state index in [1.807, 2.05) is 6.07 Å². The summed E-state index contributed by atoms with van der Waals surface area (Å²) in [7, 11) is 0. The van der Waals surface area contributed by atoms with Gasteiger partial charge in [-0.3, -0.25) is 0 Å². The molecule has 0 radical (unpaired) electrons. The van der Waals surface area contributed by atoms with Crippen molar-refractivity contribution in [3.8, 4) is 11.1 Å². The molecule has 144 valence electrons. The summed E-state index contributed by atoms with van der Waals surface area (Å²) in [6.45, 7) is 2.92. The number of rotatable bonds is 8. The highest BCUT2D eigenvalue weighted by atomic mass is 79.9. The fourth-order valence-electron chi connectivity index (χ4n) is 3.59. The van der Waals surface area contributed by atoms with E-state index in [0.717, 1.165) is 23.0 Å². The summed E-state index contributed by atoms with van der Waals surface area (Å²) in [4.78, 5) is 12.4. The van der Waals surface area contributed by atoms with E-state index in [1.54, 1.807) is 0 Å². The number of hydrogen-bond acceptors (Lipinski definition) is 2. The zero-order valence-corrected chi connectivity index (χ0v) is 18.3. The fourth-order valence-corrected chi connectivity index (χ4v) is 4.19. The molecule has 5 heteroatoms. The van der Waals surface area contributed by atoms with E-state index < -0.39 is 0 Å². The number of nitrogens with one attached hydrogen (secondary N) is 1. The molecular formula is C22H27BrN2OS. The molecule has 2 amide bonds. The lowest BCUT2D eigenvalue weighted by molar-refractivity contribution is 0.249. The van der Waals surface area contributed by atoms with Crippen LogP contribution in [0.15, 0.2) is 40.9 Å². The Kier molecular flexibility index (Phi) is 7.25. The number of anilines is 1. The van der Waals surface area contributed by atoms with Gasteiger partial charge < -0.3 is 5.32 Å². The van der Waals surface area contributed by atoms with E-state index in [-0.39, 0.29) is 6.03 Å². The van der Waals surface area contributed by atoms with E-state index in [0.29, 0.717) is 6.54 Å². The maximum Gasteiger partial charge on any atom is 0.331 e. The minimum atomic E-state index is -0.162. The van der Waals surface area contributed by atoms with E-state index in [9.17, 15) is 4.79 Å². The number of carbonyl (C=O) groups is 1. The molecule has 0 saturated heterocycles. The van der Waals surface area contributed by atoms with Gasteiger partial charge >= 0.3 is 6.03 Å². The quantitative estimate of drug-likeness (QED) is 0.291. The normalized spacial score (nSPS) is 11.8. The SMILES string of the molecule is CCCCCCCCNC(=O)N(S)c1ccc2c(c1)Cc1cc(Br)ccc1-2. The third kappa shape index (κ3) is 5.08. The summed E-state index contributed by atoms with van der Waals surface area (Å²) in [6.07, 6.45) is 8.17. The predicted molar refractivity (Wildman–Crippen MR) is 121 cm³/mol. The van der Waals surface area contributed by atoms with Gasteiger partial charge in [-0.1, -0.05) is 79.9 Å². The second-order valence-electron chi connectivity index (χ2n) is 7.13. The van der Waals surface area contributed by atoms with Gasteiger partial charge in [0.2, 0.25) is 0 Å². The summed E-state index contributed by atoms with van der Waals surface area (Å²) >= 11 is 7.96.